The number of anilines is 1. The Morgan fingerprint density at radius 3 is 2.44 bits per heavy atom. The quantitative estimate of drug-likeness (QED) is 0.665. The van der Waals surface area contributed by atoms with E-state index in [9.17, 15) is 9.59 Å². The molecule has 144 valence electrons. The van der Waals surface area contributed by atoms with Gasteiger partial charge in [0.25, 0.3) is 5.91 Å². The summed E-state index contributed by atoms with van der Waals surface area (Å²) in [7, 11) is 1.61. The SMILES string of the molecule is COCCOc1cccc(C(=O)Nc2ccc(CC(=O)NC(C)C)cc2)c1. The summed E-state index contributed by atoms with van der Waals surface area (Å²) in [5, 5.41) is 5.70. The number of hydrogen-bond acceptors (Lipinski definition) is 4. The van der Waals surface area contributed by atoms with Crippen LogP contribution in [0.4, 0.5) is 5.69 Å². The van der Waals surface area contributed by atoms with Gasteiger partial charge in [-0.15, -0.1) is 0 Å². The van der Waals surface area contributed by atoms with Crippen LogP contribution in [0.3, 0.4) is 0 Å². The first kappa shape index (κ1) is 20.5. The van der Waals surface area contributed by atoms with Crippen molar-refractivity contribution >= 4 is 17.5 Å². The molecule has 0 aliphatic heterocycles. The number of hydrogen-bond donors (Lipinski definition) is 2. The van der Waals surface area contributed by atoms with Crippen LogP contribution in [-0.2, 0) is 16.0 Å². The first-order valence-corrected chi connectivity index (χ1v) is 8.89. The van der Waals surface area contributed by atoms with Gasteiger partial charge >= 0.3 is 0 Å². The van der Waals surface area contributed by atoms with Crippen molar-refractivity contribution < 1.29 is 19.1 Å². The normalized spacial score (nSPS) is 10.5. The highest BCUT2D eigenvalue weighted by Crippen LogP contribution is 2.16. The molecule has 0 radical (unpaired) electrons. The maximum Gasteiger partial charge on any atom is 0.255 e. The number of carbonyl (C=O) groups excluding carboxylic acids is 2. The van der Waals surface area contributed by atoms with E-state index in [1.54, 1.807) is 43.5 Å². The molecule has 0 aliphatic rings. The Balaban J connectivity index is 1.93. The van der Waals surface area contributed by atoms with Crippen LogP contribution in [0.5, 0.6) is 5.75 Å². The molecule has 2 rings (SSSR count). The summed E-state index contributed by atoms with van der Waals surface area (Å²) in [5.41, 5.74) is 2.06. The second-order valence-electron chi connectivity index (χ2n) is 6.42. The fraction of sp³-hybridized carbons (Fsp3) is 0.333. The summed E-state index contributed by atoms with van der Waals surface area (Å²) < 4.78 is 10.5. The van der Waals surface area contributed by atoms with Gasteiger partial charge in [0.1, 0.15) is 12.4 Å². The topological polar surface area (TPSA) is 76.7 Å². The van der Waals surface area contributed by atoms with E-state index in [0.29, 0.717) is 36.6 Å². The molecule has 0 aromatic heterocycles. The van der Waals surface area contributed by atoms with E-state index in [1.165, 1.54) is 0 Å². The van der Waals surface area contributed by atoms with E-state index in [2.05, 4.69) is 10.6 Å². The second kappa shape index (κ2) is 10.3. The third-order valence-electron chi connectivity index (χ3n) is 3.68. The molecule has 2 N–H and O–H groups in total. The Hall–Kier alpha value is -2.86. The molecule has 0 atom stereocenters. The molecular formula is C21H26N2O4. The molecule has 0 spiro atoms. The standard InChI is InChI=1S/C21H26N2O4/c1-15(2)22-20(24)13-16-7-9-18(10-8-16)23-21(25)17-5-4-6-19(14-17)27-12-11-26-3/h4-10,14-15H,11-13H2,1-3H3,(H,22,24)(H,23,25). The van der Waals surface area contributed by atoms with E-state index < -0.39 is 0 Å². The Bertz CT molecular complexity index is 757. The molecule has 0 aliphatic carbocycles. The lowest BCUT2D eigenvalue weighted by molar-refractivity contribution is -0.120. The van der Waals surface area contributed by atoms with Gasteiger partial charge in [0.2, 0.25) is 5.91 Å². The van der Waals surface area contributed by atoms with E-state index in [0.717, 1.165) is 5.56 Å². The van der Waals surface area contributed by atoms with Gasteiger partial charge < -0.3 is 20.1 Å². The highest BCUT2D eigenvalue weighted by Gasteiger charge is 2.09. The molecule has 0 saturated heterocycles. The summed E-state index contributed by atoms with van der Waals surface area (Å²) in [6.45, 7) is 4.76. The lowest BCUT2D eigenvalue weighted by Crippen LogP contribution is -2.31. The Morgan fingerprint density at radius 2 is 1.78 bits per heavy atom. The fourth-order valence-corrected chi connectivity index (χ4v) is 2.44. The molecular weight excluding hydrogens is 344 g/mol. The molecule has 27 heavy (non-hydrogen) atoms. The third-order valence-corrected chi connectivity index (χ3v) is 3.68. The minimum Gasteiger partial charge on any atom is -0.491 e. The smallest absolute Gasteiger partial charge is 0.255 e. The van der Waals surface area contributed by atoms with Crippen molar-refractivity contribution in [2.45, 2.75) is 26.3 Å². The Morgan fingerprint density at radius 1 is 1.04 bits per heavy atom. The molecule has 0 heterocycles. The average Bonchev–Trinajstić information content (AvgIpc) is 2.63. The minimum atomic E-state index is -0.225. The zero-order valence-corrected chi connectivity index (χ0v) is 16.0. The zero-order valence-electron chi connectivity index (χ0n) is 16.0. The van der Waals surface area contributed by atoms with Crippen LogP contribution in [0.2, 0.25) is 0 Å². The maximum absolute atomic E-state index is 12.4. The van der Waals surface area contributed by atoms with E-state index in [1.807, 2.05) is 26.0 Å². The van der Waals surface area contributed by atoms with Crippen molar-refractivity contribution in [3.05, 3.63) is 59.7 Å². The maximum atomic E-state index is 12.4. The van der Waals surface area contributed by atoms with Gasteiger partial charge in [0.15, 0.2) is 0 Å². The fourth-order valence-electron chi connectivity index (χ4n) is 2.44. The first-order valence-electron chi connectivity index (χ1n) is 8.89. The molecule has 6 heteroatoms. The molecule has 0 saturated carbocycles. The summed E-state index contributed by atoms with van der Waals surface area (Å²) in [6, 6.07) is 14.3. The molecule has 0 fully saturated rings. The molecule has 0 bridgehead atoms. The summed E-state index contributed by atoms with van der Waals surface area (Å²) in [5.74, 6) is 0.371. The van der Waals surface area contributed by atoms with Crippen LogP contribution in [0.15, 0.2) is 48.5 Å². The van der Waals surface area contributed by atoms with E-state index in [-0.39, 0.29) is 17.9 Å². The number of nitrogens with one attached hydrogen (secondary N) is 2. The van der Waals surface area contributed by atoms with Gasteiger partial charge in [-0.05, 0) is 49.7 Å². The molecule has 2 aromatic rings. The predicted octanol–water partition coefficient (Wildman–Crippen LogP) is 3.03. The zero-order chi connectivity index (χ0) is 19.6. The lowest BCUT2D eigenvalue weighted by atomic mass is 10.1. The lowest BCUT2D eigenvalue weighted by Gasteiger charge is -2.10. The van der Waals surface area contributed by atoms with Crippen molar-refractivity contribution in [2.24, 2.45) is 0 Å². The van der Waals surface area contributed by atoms with Gasteiger partial charge in [0.05, 0.1) is 13.0 Å². The highest BCUT2D eigenvalue weighted by atomic mass is 16.5. The largest absolute Gasteiger partial charge is 0.491 e. The van der Waals surface area contributed by atoms with Crippen LogP contribution >= 0.6 is 0 Å². The number of ether oxygens (including phenoxy) is 2. The van der Waals surface area contributed by atoms with E-state index in [4.69, 9.17) is 9.47 Å². The summed E-state index contributed by atoms with van der Waals surface area (Å²) in [6.07, 6.45) is 0.313. The van der Waals surface area contributed by atoms with Gasteiger partial charge in [-0.3, -0.25) is 9.59 Å². The van der Waals surface area contributed by atoms with Crippen LogP contribution < -0.4 is 15.4 Å². The Kier molecular flexibility index (Phi) is 7.82. The van der Waals surface area contributed by atoms with Crippen molar-refractivity contribution in [3.8, 4) is 5.75 Å². The molecule has 0 unspecified atom stereocenters. The Labute approximate surface area is 159 Å². The minimum absolute atomic E-state index is 0.0212. The van der Waals surface area contributed by atoms with Crippen molar-refractivity contribution in [3.63, 3.8) is 0 Å². The van der Waals surface area contributed by atoms with Crippen molar-refractivity contribution in [2.75, 3.05) is 25.6 Å². The van der Waals surface area contributed by atoms with Crippen molar-refractivity contribution in [1.82, 2.24) is 5.32 Å². The molecule has 6 nitrogen and oxygen atoms in total. The average molecular weight is 370 g/mol. The highest BCUT2D eigenvalue weighted by molar-refractivity contribution is 6.04. The van der Waals surface area contributed by atoms with Crippen LogP contribution in [0.25, 0.3) is 0 Å². The molecule has 2 amide bonds. The van der Waals surface area contributed by atoms with Crippen molar-refractivity contribution in [1.29, 1.82) is 0 Å². The van der Waals surface area contributed by atoms with Gasteiger partial charge in [0, 0.05) is 24.4 Å². The summed E-state index contributed by atoms with van der Waals surface area (Å²) in [4.78, 5) is 24.2. The number of methoxy groups -OCH3 is 1. The number of amides is 2. The first-order chi connectivity index (χ1) is 13.0. The molecule has 2 aromatic carbocycles. The second-order valence-corrected chi connectivity index (χ2v) is 6.42. The van der Waals surface area contributed by atoms with E-state index >= 15 is 0 Å². The number of rotatable bonds is 9. The van der Waals surface area contributed by atoms with Gasteiger partial charge in [-0.25, -0.2) is 0 Å². The number of benzene rings is 2. The summed E-state index contributed by atoms with van der Waals surface area (Å²) >= 11 is 0. The number of carbonyl (C=O) groups is 2. The third kappa shape index (κ3) is 7.11. The van der Waals surface area contributed by atoms with Crippen LogP contribution in [-0.4, -0.2) is 38.2 Å². The predicted molar refractivity (Wildman–Crippen MR) is 105 cm³/mol. The monoisotopic (exact) mass is 370 g/mol. The van der Waals surface area contributed by atoms with Gasteiger partial charge in [-0.1, -0.05) is 18.2 Å². The van der Waals surface area contributed by atoms with Crippen LogP contribution in [0, 0.1) is 0 Å². The van der Waals surface area contributed by atoms with Gasteiger partial charge in [-0.2, -0.15) is 0 Å². The van der Waals surface area contributed by atoms with Crippen LogP contribution in [0.1, 0.15) is 29.8 Å².